The zero-order valence-corrected chi connectivity index (χ0v) is 19.5. The first-order valence-electron chi connectivity index (χ1n) is 9.94. The Kier molecular flexibility index (Phi) is 6.81. The molecule has 2 aromatic rings. The van der Waals surface area contributed by atoms with Gasteiger partial charge < -0.3 is 4.90 Å². The van der Waals surface area contributed by atoms with Gasteiger partial charge in [-0.2, -0.15) is 4.31 Å². The van der Waals surface area contributed by atoms with Crippen LogP contribution in [0.2, 0.25) is 0 Å². The van der Waals surface area contributed by atoms with Gasteiger partial charge in [-0.15, -0.1) is 0 Å². The van der Waals surface area contributed by atoms with Crippen molar-refractivity contribution in [3.05, 3.63) is 58.1 Å². The maximum absolute atomic E-state index is 13.6. The van der Waals surface area contributed by atoms with E-state index in [4.69, 9.17) is 0 Å². The molecule has 0 saturated heterocycles. The highest BCUT2D eigenvalue weighted by molar-refractivity contribution is 9.10. The smallest absolute Gasteiger partial charge is 0.243 e. The van der Waals surface area contributed by atoms with Crippen LogP contribution in [0.25, 0.3) is 0 Å². The molecular formula is C22H27BrN2O3S. The number of carbonyl (C=O) groups is 1. The fourth-order valence-electron chi connectivity index (χ4n) is 3.91. The zero-order valence-electron chi connectivity index (χ0n) is 17.1. The highest BCUT2D eigenvalue weighted by Gasteiger charge is 2.31. The van der Waals surface area contributed by atoms with E-state index < -0.39 is 10.0 Å². The third-order valence-corrected chi connectivity index (χ3v) is 8.08. The summed E-state index contributed by atoms with van der Waals surface area (Å²) >= 11 is 3.55. The van der Waals surface area contributed by atoms with Crippen LogP contribution >= 0.6 is 15.9 Å². The molecule has 156 valence electrons. The van der Waals surface area contributed by atoms with E-state index in [-0.39, 0.29) is 16.8 Å². The molecule has 7 heteroatoms. The van der Waals surface area contributed by atoms with Gasteiger partial charge in [-0.1, -0.05) is 41.1 Å². The minimum Gasteiger partial charge on any atom is -0.312 e. The molecule has 0 saturated carbocycles. The van der Waals surface area contributed by atoms with Crippen molar-refractivity contribution in [1.29, 1.82) is 0 Å². The number of fused-ring (bicyclic) bond motifs is 1. The third kappa shape index (κ3) is 4.42. The Hall–Kier alpha value is -1.70. The van der Waals surface area contributed by atoms with E-state index in [0.717, 1.165) is 40.5 Å². The van der Waals surface area contributed by atoms with Crippen molar-refractivity contribution in [3.8, 4) is 0 Å². The molecule has 29 heavy (non-hydrogen) atoms. The van der Waals surface area contributed by atoms with Gasteiger partial charge >= 0.3 is 0 Å². The van der Waals surface area contributed by atoms with Crippen LogP contribution in [0.5, 0.6) is 0 Å². The summed E-state index contributed by atoms with van der Waals surface area (Å²) in [5.74, 6) is -0.0169. The number of benzene rings is 2. The SMILES string of the molecule is CCCN(C(C)c1ccccc1Br)S(=O)(=O)c1ccc2c(c1)CCCN2C(C)=O. The Morgan fingerprint density at radius 2 is 1.97 bits per heavy atom. The number of halogens is 1. The molecule has 1 atom stereocenters. The van der Waals surface area contributed by atoms with E-state index in [2.05, 4.69) is 15.9 Å². The summed E-state index contributed by atoms with van der Waals surface area (Å²) in [4.78, 5) is 13.9. The van der Waals surface area contributed by atoms with Crippen molar-refractivity contribution in [1.82, 2.24) is 4.31 Å². The predicted molar refractivity (Wildman–Crippen MR) is 120 cm³/mol. The van der Waals surface area contributed by atoms with Crippen molar-refractivity contribution < 1.29 is 13.2 Å². The van der Waals surface area contributed by atoms with Crippen molar-refractivity contribution in [2.24, 2.45) is 0 Å². The van der Waals surface area contributed by atoms with E-state index in [1.807, 2.05) is 38.1 Å². The molecule has 0 aromatic heterocycles. The summed E-state index contributed by atoms with van der Waals surface area (Å²) in [6.45, 7) is 6.55. The molecule has 0 N–H and O–H groups in total. The molecule has 1 unspecified atom stereocenters. The Balaban J connectivity index is 2.01. The molecule has 0 spiro atoms. The molecule has 2 aromatic carbocycles. The number of nitrogens with zero attached hydrogens (tertiary/aromatic N) is 2. The van der Waals surface area contributed by atoms with E-state index in [1.165, 1.54) is 0 Å². The summed E-state index contributed by atoms with van der Waals surface area (Å²) in [6, 6.07) is 12.6. The lowest BCUT2D eigenvalue weighted by atomic mass is 10.0. The van der Waals surface area contributed by atoms with Crippen molar-refractivity contribution in [3.63, 3.8) is 0 Å². The lowest BCUT2D eigenvalue weighted by Crippen LogP contribution is -2.35. The number of aryl methyl sites for hydroxylation is 1. The number of hydrogen-bond acceptors (Lipinski definition) is 3. The second-order valence-corrected chi connectivity index (χ2v) is 10.1. The maximum atomic E-state index is 13.6. The third-order valence-electron chi connectivity index (χ3n) is 5.39. The number of hydrogen-bond donors (Lipinski definition) is 0. The Bertz CT molecular complexity index is 1010. The van der Waals surface area contributed by atoms with Crippen LogP contribution < -0.4 is 4.90 Å². The van der Waals surface area contributed by atoms with Crippen LogP contribution in [-0.2, 0) is 21.2 Å². The van der Waals surface area contributed by atoms with Crippen molar-refractivity contribution in [2.75, 3.05) is 18.0 Å². The quantitative estimate of drug-likeness (QED) is 0.592. The van der Waals surface area contributed by atoms with Gasteiger partial charge in [-0.05, 0) is 61.6 Å². The minimum atomic E-state index is -3.69. The number of rotatable bonds is 6. The fourth-order valence-corrected chi connectivity index (χ4v) is 6.28. The molecule has 5 nitrogen and oxygen atoms in total. The second kappa shape index (κ2) is 8.98. The van der Waals surface area contributed by atoms with Crippen LogP contribution in [-0.4, -0.2) is 31.7 Å². The number of carbonyl (C=O) groups excluding carboxylic acids is 1. The van der Waals surface area contributed by atoms with Gasteiger partial charge in [0.1, 0.15) is 0 Å². The lowest BCUT2D eigenvalue weighted by molar-refractivity contribution is -0.116. The Morgan fingerprint density at radius 1 is 1.24 bits per heavy atom. The maximum Gasteiger partial charge on any atom is 0.243 e. The molecule has 1 aliphatic rings. The molecule has 1 heterocycles. The molecular weight excluding hydrogens is 452 g/mol. The van der Waals surface area contributed by atoms with E-state index in [0.29, 0.717) is 13.1 Å². The molecule has 0 radical (unpaired) electrons. The van der Waals surface area contributed by atoms with Crippen LogP contribution in [0.15, 0.2) is 51.8 Å². The summed E-state index contributed by atoms with van der Waals surface area (Å²) in [5.41, 5.74) is 2.67. The molecule has 3 rings (SSSR count). The van der Waals surface area contributed by atoms with Crippen LogP contribution in [0.1, 0.15) is 50.8 Å². The largest absolute Gasteiger partial charge is 0.312 e. The standard InChI is InChI=1S/C22H27BrN2O3S/c1-4-13-25(16(2)20-9-5-6-10-21(20)23)29(27,28)19-11-12-22-18(15-19)8-7-14-24(22)17(3)26/h5-6,9-12,15-16H,4,7-8,13-14H2,1-3H3. The molecule has 1 amide bonds. The number of sulfonamides is 1. The fraction of sp³-hybridized carbons (Fsp3) is 0.409. The molecule has 0 bridgehead atoms. The highest BCUT2D eigenvalue weighted by Crippen LogP contribution is 2.34. The van der Waals surface area contributed by atoms with Gasteiger partial charge in [0.25, 0.3) is 0 Å². The molecule has 0 aliphatic carbocycles. The van der Waals surface area contributed by atoms with Gasteiger partial charge in [0.05, 0.1) is 4.90 Å². The van der Waals surface area contributed by atoms with E-state index in [9.17, 15) is 13.2 Å². The van der Waals surface area contributed by atoms with Gasteiger partial charge in [0.15, 0.2) is 0 Å². The minimum absolute atomic E-state index is 0.0169. The predicted octanol–water partition coefficient (Wildman–Crippen LogP) is 4.91. The number of amides is 1. The van der Waals surface area contributed by atoms with Crippen LogP contribution in [0.3, 0.4) is 0 Å². The second-order valence-electron chi connectivity index (χ2n) is 7.38. The van der Waals surface area contributed by atoms with E-state index in [1.54, 1.807) is 34.3 Å². The first-order chi connectivity index (χ1) is 13.8. The van der Waals surface area contributed by atoms with Crippen molar-refractivity contribution >= 4 is 37.5 Å². The first-order valence-corrected chi connectivity index (χ1v) is 12.2. The summed E-state index contributed by atoms with van der Waals surface area (Å²) < 4.78 is 29.6. The van der Waals surface area contributed by atoms with Gasteiger partial charge in [-0.3, -0.25) is 4.79 Å². The zero-order chi connectivity index (χ0) is 21.2. The highest BCUT2D eigenvalue weighted by atomic mass is 79.9. The average Bonchev–Trinajstić information content (AvgIpc) is 2.70. The number of anilines is 1. The summed E-state index contributed by atoms with van der Waals surface area (Å²) in [6.07, 6.45) is 2.33. The summed E-state index contributed by atoms with van der Waals surface area (Å²) in [5, 5.41) is 0. The van der Waals surface area contributed by atoms with Gasteiger partial charge in [-0.25, -0.2) is 8.42 Å². The van der Waals surface area contributed by atoms with Gasteiger partial charge in [0, 0.05) is 36.2 Å². The first kappa shape index (κ1) is 22.0. The monoisotopic (exact) mass is 478 g/mol. The van der Waals surface area contributed by atoms with Crippen LogP contribution in [0.4, 0.5) is 5.69 Å². The molecule has 1 aliphatic heterocycles. The average molecular weight is 479 g/mol. The van der Waals surface area contributed by atoms with Crippen LogP contribution in [0, 0.1) is 0 Å². The topological polar surface area (TPSA) is 57.7 Å². The molecule has 0 fully saturated rings. The van der Waals surface area contributed by atoms with E-state index >= 15 is 0 Å². The van der Waals surface area contributed by atoms with Crippen molar-refractivity contribution in [2.45, 2.75) is 51.0 Å². The summed E-state index contributed by atoms with van der Waals surface area (Å²) in [7, 11) is -3.69. The lowest BCUT2D eigenvalue weighted by Gasteiger charge is -2.31. The Labute approximate surface area is 181 Å². The van der Waals surface area contributed by atoms with Gasteiger partial charge in [0.2, 0.25) is 15.9 Å². The normalized spacial score (nSPS) is 15.3. The Morgan fingerprint density at radius 3 is 2.62 bits per heavy atom.